The zero-order valence-electron chi connectivity index (χ0n) is 13.2. The second-order valence-electron chi connectivity index (χ2n) is 5.33. The molecule has 0 radical (unpaired) electrons. The molecule has 0 aliphatic carbocycles. The van der Waals surface area contributed by atoms with Gasteiger partial charge in [0.15, 0.2) is 0 Å². The maximum atomic E-state index is 11.7. The van der Waals surface area contributed by atoms with E-state index in [-0.39, 0.29) is 0 Å². The van der Waals surface area contributed by atoms with E-state index in [1.165, 1.54) is 6.33 Å². The van der Waals surface area contributed by atoms with Gasteiger partial charge in [0.1, 0.15) is 17.9 Å². The minimum Gasteiger partial charge on any atom is -0.497 e. The second-order valence-corrected chi connectivity index (χ2v) is 7.25. The minimum atomic E-state index is -2.68. The van der Waals surface area contributed by atoms with Crippen molar-refractivity contribution in [2.45, 2.75) is 11.4 Å². The molecule has 0 saturated carbocycles. The van der Waals surface area contributed by atoms with E-state index in [1.54, 1.807) is 19.2 Å². The van der Waals surface area contributed by atoms with Gasteiger partial charge in [-0.15, -0.1) is 0 Å². The molecule has 2 aromatic carbocycles. The van der Waals surface area contributed by atoms with Crippen LogP contribution in [-0.4, -0.2) is 27.2 Å². The Morgan fingerprint density at radius 3 is 2.62 bits per heavy atom. The highest BCUT2D eigenvalue weighted by Gasteiger charge is 2.06. The summed E-state index contributed by atoms with van der Waals surface area (Å²) in [5.74, 6) is 4.97. The fourth-order valence-corrected chi connectivity index (χ4v) is 2.92. The quantitative estimate of drug-likeness (QED) is 0.694. The number of anilines is 1. The van der Waals surface area contributed by atoms with Crippen molar-refractivity contribution < 1.29 is 8.95 Å². The highest BCUT2D eigenvalue weighted by Crippen LogP contribution is 2.24. The molecule has 0 aliphatic heterocycles. The first-order valence-electron chi connectivity index (χ1n) is 7.24. The largest absolute Gasteiger partial charge is 0.497 e. The van der Waals surface area contributed by atoms with E-state index in [9.17, 15) is 4.21 Å². The Balaban J connectivity index is 1.81. The first kappa shape index (κ1) is 16.2. The Kier molecular flexibility index (Phi) is 4.37. The number of fused-ring (bicyclic) bond motifs is 1. The maximum absolute atomic E-state index is 11.7. The number of hydrogen-bond donors (Lipinski definition) is 2. The Bertz CT molecular complexity index is 970. The molecular weight excluding hydrogens is 324 g/mol. The SMILES string of the molecule is C=S(N)(=O)c1ccc(CNc2ncnc3cc(OC)ccc23)cc1. The molecule has 24 heavy (non-hydrogen) atoms. The van der Waals surface area contributed by atoms with E-state index >= 15 is 0 Å². The van der Waals surface area contributed by atoms with Crippen LogP contribution in [0.1, 0.15) is 5.56 Å². The van der Waals surface area contributed by atoms with Gasteiger partial charge in [0.2, 0.25) is 0 Å². The van der Waals surface area contributed by atoms with Gasteiger partial charge in [0, 0.05) is 22.9 Å². The molecule has 1 atom stereocenters. The van der Waals surface area contributed by atoms with E-state index in [0.29, 0.717) is 11.4 Å². The van der Waals surface area contributed by atoms with Crippen LogP contribution in [0.4, 0.5) is 5.82 Å². The molecule has 0 bridgehead atoms. The number of nitrogens with two attached hydrogens (primary N) is 1. The third-order valence-electron chi connectivity index (χ3n) is 3.63. The van der Waals surface area contributed by atoms with Gasteiger partial charge in [-0.1, -0.05) is 12.1 Å². The Labute approximate surface area is 140 Å². The average molecular weight is 342 g/mol. The summed E-state index contributed by atoms with van der Waals surface area (Å²) in [5.41, 5.74) is 1.82. The van der Waals surface area contributed by atoms with Crippen LogP contribution in [0.15, 0.2) is 53.7 Å². The van der Waals surface area contributed by atoms with Gasteiger partial charge >= 0.3 is 0 Å². The van der Waals surface area contributed by atoms with Crippen LogP contribution in [0.25, 0.3) is 10.9 Å². The molecule has 1 heterocycles. The van der Waals surface area contributed by atoms with Crippen LogP contribution in [0.3, 0.4) is 0 Å². The lowest BCUT2D eigenvalue weighted by Crippen LogP contribution is -2.11. The van der Waals surface area contributed by atoms with Crippen molar-refractivity contribution >= 4 is 32.3 Å². The number of aromatic nitrogens is 2. The lowest BCUT2D eigenvalue weighted by Gasteiger charge is -2.10. The zero-order chi connectivity index (χ0) is 17.2. The van der Waals surface area contributed by atoms with Gasteiger partial charge in [0.25, 0.3) is 0 Å². The predicted octanol–water partition coefficient (Wildman–Crippen LogP) is 2.20. The molecule has 7 heteroatoms. The standard InChI is InChI=1S/C17H18N4O2S/c1-23-13-5-8-15-16(9-13)20-11-21-17(15)19-10-12-3-6-14(7-4-12)24(2,18)22/h3-9,11H,2,10H2,1H3,(H2,18,22)(H,19,20,21). The molecule has 124 valence electrons. The average Bonchev–Trinajstić information content (AvgIpc) is 2.59. The number of nitrogens with zero attached hydrogens (tertiary/aromatic N) is 2. The van der Waals surface area contributed by atoms with E-state index < -0.39 is 9.71 Å². The summed E-state index contributed by atoms with van der Waals surface area (Å²) in [5, 5.41) is 9.74. The summed E-state index contributed by atoms with van der Waals surface area (Å²) in [7, 11) is -1.05. The summed E-state index contributed by atoms with van der Waals surface area (Å²) in [6.07, 6.45) is 1.51. The van der Waals surface area contributed by atoms with Crippen LogP contribution in [0, 0.1) is 0 Å². The van der Waals surface area contributed by atoms with Crippen LogP contribution < -0.4 is 15.2 Å². The fourth-order valence-electron chi connectivity index (χ4n) is 2.33. The third kappa shape index (κ3) is 3.47. The zero-order valence-corrected chi connectivity index (χ0v) is 14.0. The molecular formula is C17H18N4O2S. The molecule has 3 N–H and O–H groups in total. The molecule has 3 aromatic rings. The number of hydrogen-bond acceptors (Lipinski definition) is 5. The van der Waals surface area contributed by atoms with E-state index in [4.69, 9.17) is 9.88 Å². The Morgan fingerprint density at radius 1 is 1.21 bits per heavy atom. The van der Waals surface area contributed by atoms with Gasteiger partial charge in [0.05, 0.1) is 22.3 Å². The van der Waals surface area contributed by atoms with Crippen molar-refractivity contribution in [1.29, 1.82) is 0 Å². The first-order chi connectivity index (χ1) is 11.5. The minimum absolute atomic E-state index is 0.533. The molecule has 0 amide bonds. The van der Waals surface area contributed by atoms with E-state index in [2.05, 4.69) is 21.2 Å². The van der Waals surface area contributed by atoms with Gasteiger partial charge in [-0.3, -0.25) is 5.14 Å². The molecule has 1 aromatic heterocycles. The third-order valence-corrected chi connectivity index (χ3v) is 4.70. The van der Waals surface area contributed by atoms with Gasteiger partial charge in [-0.2, -0.15) is 0 Å². The van der Waals surface area contributed by atoms with Crippen molar-refractivity contribution in [3.8, 4) is 5.75 Å². The van der Waals surface area contributed by atoms with Crippen LogP contribution in [0.5, 0.6) is 5.75 Å². The van der Waals surface area contributed by atoms with Crippen molar-refractivity contribution in [1.82, 2.24) is 9.97 Å². The van der Waals surface area contributed by atoms with Crippen molar-refractivity contribution in [3.63, 3.8) is 0 Å². The second kappa shape index (κ2) is 6.46. The Hall–Kier alpha value is -2.64. The highest BCUT2D eigenvalue weighted by molar-refractivity contribution is 7.98. The molecule has 3 rings (SSSR count). The monoisotopic (exact) mass is 342 g/mol. The van der Waals surface area contributed by atoms with E-state index in [0.717, 1.165) is 28.0 Å². The topological polar surface area (TPSA) is 90.1 Å². The molecule has 0 spiro atoms. The lowest BCUT2D eigenvalue weighted by molar-refractivity contribution is 0.415. The van der Waals surface area contributed by atoms with E-state index in [1.807, 2.05) is 30.3 Å². The van der Waals surface area contributed by atoms with Gasteiger partial charge in [-0.05, 0) is 35.7 Å². The van der Waals surface area contributed by atoms with Gasteiger partial charge < -0.3 is 10.1 Å². The van der Waals surface area contributed by atoms with Crippen molar-refractivity contribution in [3.05, 3.63) is 54.4 Å². The molecule has 0 fully saturated rings. The first-order valence-corrected chi connectivity index (χ1v) is 9.03. The summed E-state index contributed by atoms with van der Waals surface area (Å²) in [6.45, 7) is 0.571. The predicted molar refractivity (Wildman–Crippen MR) is 97.6 cm³/mol. The van der Waals surface area contributed by atoms with Crippen molar-refractivity contribution in [2.24, 2.45) is 5.14 Å². The van der Waals surface area contributed by atoms with Crippen LogP contribution >= 0.6 is 0 Å². The maximum Gasteiger partial charge on any atom is 0.137 e. The highest BCUT2D eigenvalue weighted by atomic mass is 32.2. The molecule has 0 saturated heterocycles. The van der Waals surface area contributed by atoms with Gasteiger partial charge in [-0.25, -0.2) is 14.2 Å². The fraction of sp³-hybridized carbons (Fsp3) is 0.118. The number of ether oxygens (including phenoxy) is 1. The lowest BCUT2D eigenvalue weighted by atomic mass is 10.2. The summed E-state index contributed by atoms with van der Waals surface area (Å²) in [6, 6.07) is 12.9. The molecule has 6 nitrogen and oxygen atoms in total. The number of benzene rings is 2. The summed E-state index contributed by atoms with van der Waals surface area (Å²) < 4.78 is 16.9. The number of rotatable bonds is 5. The normalized spacial score (nSPS) is 13.4. The van der Waals surface area contributed by atoms with Crippen LogP contribution in [0.2, 0.25) is 0 Å². The number of nitrogens with one attached hydrogen (secondary N) is 1. The van der Waals surface area contributed by atoms with Crippen molar-refractivity contribution in [2.75, 3.05) is 12.4 Å². The summed E-state index contributed by atoms with van der Waals surface area (Å²) >= 11 is 0. The summed E-state index contributed by atoms with van der Waals surface area (Å²) in [4.78, 5) is 9.09. The molecule has 0 aliphatic rings. The number of methoxy groups -OCH3 is 1. The molecule has 1 unspecified atom stereocenters. The van der Waals surface area contributed by atoms with Crippen LogP contribution in [-0.2, 0) is 16.3 Å². The Morgan fingerprint density at radius 2 is 1.96 bits per heavy atom. The smallest absolute Gasteiger partial charge is 0.137 e.